The molecule has 0 unspecified atom stereocenters. The summed E-state index contributed by atoms with van der Waals surface area (Å²) in [6, 6.07) is 0. The Morgan fingerprint density at radius 3 is 2.70 bits per heavy atom. The number of carbonyl (C=O) groups is 2. The molecule has 3 aliphatic rings. The number of Topliss-reactive ketones (excluding diaryl/α,β-unsaturated/α-hetero) is 2. The molecule has 0 aromatic heterocycles. The van der Waals surface area contributed by atoms with E-state index in [1.54, 1.807) is 0 Å². The van der Waals surface area contributed by atoms with Crippen LogP contribution in [0.5, 0.6) is 0 Å². The van der Waals surface area contributed by atoms with Crippen molar-refractivity contribution in [2.75, 3.05) is 0 Å². The van der Waals surface area contributed by atoms with Crippen LogP contribution in [0.1, 0.15) is 59.3 Å². The predicted molar refractivity (Wildman–Crippen MR) is 79.3 cm³/mol. The minimum absolute atomic E-state index is 0.00250. The first kappa shape index (κ1) is 13.8. The summed E-state index contributed by atoms with van der Waals surface area (Å²) in [5.41, 5.74) is 2.86. The highest BCUT2D eigenvalue weighted by molar-refractivity contribution is 6.05. The molecule has 0 radical (unpaired) electrons. The first-order valence-electron chi connectivity index (χ1n) is 7.90. The van der Waals surface area contributed by atoms with E-state index in [0.29, 0.717) is 18.0 Å². The fourth-order valence-corrected chi connectivity index (χ4v) is 4.61. The van der Waals surface area contributed by atoms with Gasteiger partial charge in [0.1, 0.15) is 0 Å². The summed E-state index contributed by atoms with van der Waals surface area (Å²) in [6.07, 6.45) is 7.58. The van der Waals surface area contributed by atoms with Crippen molar-refractivity contribution in [3.63, 3.8) is 0 Å². The van der Waals surface area contributed by atoms with Crippen molar-refractivity contribution in [2.45, 2.75) is 59.3 Å². The Morgan fingerprint density at radius 2 is 1.95 bits per heavy atom. The third-order valence-electron chi connectivity index (χ3n) is 5.62. The largest absolute Gasteiger partial charge is 0.295 e. The quantitative estimate of drug-likeness (QED) is 0.667. The van der Waals surface area contributed by atoms with Gasteiger partial charge in [0.2, 0.25) is 0 Å². The second-order valence-electron chi connectivity index (χ2n) is 7.25. The van der Waals surface area contributed by atoms with E-state index in [2.05, 4.69) is 26.8 Å². The van der Waals surface area contributed by atoms with E-state index in [4.69, 9.17) is 0 Å². The molecule has 108 valence electrons. The van der Waals surface area contributed by atoms with E-state index in [0.717, 1.165) is 43.3 Å². The lowest BCUT2D eigenvalue weighted by Crippen LogP contribution is -2.43. The number of hydrogen-bond donors (Lipinski definition) is 0. The minimum Gasteiger partial charge on any atom is -0.295 e. The molecule has 1 saturated carbocycles. The molecule has 1 fully saturated rings. The number of hydrogen-bond acceptors (Lipinski definition) is 2. The number of rotatable bonds is 0. The van der Waals surface area contributed by atoms with Crippen LogP contribution >= 0.6 is 0 Å². The van der Waals surface area contributed by atoms with Crippen molar-refractivity contribution in [1.29, 1.82) is 0 Å². The van der Waals surface area contributed by atoms with Crippen molar-refractivity contribution in [2.24, 2.45) is 17.3 Å². The minimum atomic E-state index is -0.292. The number of fused-ring (bicyclic) bond motifs is 3. The second-order valence-corrected chi connectivity index (χ2v) is 7.25. The van der Waals surface area contributed by atoms with Crippen molar-refractivity contribution in [3.8, 4) is 0 Å². The number of ketones is 2. The SMILES string of the molecule is CC1=C2C(=O)C[C@H]3CCCC=C3C(=O)[C@@H](CC1)C2(C)C. The average molecular weight is 272 g/mol. The van der Waals surface area contributed by atoms with Gasteiger partial charge < -0.3 is 0 Å². The van der Waals surface area contributed by atoms with Crippen LogP contribution in [0.2, 0.25) is 0 Å². The molecule has 0 aromatic carbocycles. The molecule has 0 spiro atoms. The van der Waals surface area contributed by atoms with E-state index < -0.39 is 0 Å². The summed E-state index contributed by atoms with van der Waals surface area (Å²) in [7, 11) is 0. The zero-order valence-corrected chi connectivity index (χ0v) is 12.8. The maximum absolute atomic E-state index is 13.0. The molecule has 0 aliphatic heterocycles. The van der Waals surface area contributed by atoms with Gasteiger partial charge in [0.25, 0.3) is 0 Å². The Balaban J connectivity index is 2.13. The molecule has 2 nitrogen and oxygen atoms in total. The fraction of sp³-hybridized carbons (Fsp3) is 0.667. The molecule has 2 bridgehead atoms. The van der Waals surface area contributed by atoms with Crippen molar-refractivity contribution in [3.05, 3.63) is 22.8 Å². The molecule has 20 heavy (non-hydrogen) atoms. The number of allylic oxidation sites excluding steroid dienone is 4. The van der Waals surface area contributed by atoms with E-state index in [-0.39, 0.29) is 17.3 Å². The Kier molecular flexibility index (Phi) is 3.23. The van der Waals surface area contributed by atoms with Gasteiger partial charge >= 0.3 is 0 Å². The Morgan fingerprint density at radius 1 is 1.20 bits per heavy atom. The summed E-state index contributed by atoms with van der Waals surface area (Å²) in [5.74, 6) is 0.806. The highest BCUT2D eigenvalue weighted by atomic mass is 16.1. The molecule has 0 aromatic rings. The lowest BCUT2D eigenvalue weighted by molar-refractivity contribution is -0.126. The van der Waals surface area contributed by atoms with Gasteiger partial charge in [0.05, 0.1) is 0 Å². The second kappa shape index (κ2) is 4.68. The standard InChI is InChI=1S/C18H24O2/c1-11-8-9-14-17(20)13-7-5-4-6-12(13)10-15(19)16(11)18(14,2)3/h7,12,14H,4-6,8-10H2,1-3H3/t12-,14-/m1/s1. The molecule has 0 amide bonds. The van der Waals surface area contributed by atoms with Crippen molar-refractivity contribution >= 4 is 11.6 Å². The number of carbonyl (C=O) groups excluding carboxylic acids is 2. The molecular weight excluding hydrogens is 248 g/mol. The zero-order chi connectivity index (χ0) is 14.5. The van der Waals surface area contributed by atoms with Crippen LogP contribution in [-0.2, 0) is 9.59 Å². The zero-order valence-electron chi connectivity index (χ0n) is 12.8. The van der Waals surface area contributed by atoms with Crippen LogP contribution in [0.4, 0.5) is 0 Å². The topological polar surface area (TPSA) is 34.1 Å². The summed E-state index contributed by atoms with van der Waals surface area (Å²) >= 11 is 0. The van der Waals surface area contributed by atoms with Crippen molar-refractivity contribution < 1.29 is 9.59 Å². The first-order chi connectivity index (χ1) is 9.43. The summed E-state index contributed by atoms with van der Waals surface area (Å²) in [5, 5.41) is 0. The van der Waals surface area contributed by atoms with Gasteiger partial charge in [-0.05, 0) is 50.5 Å². The van der Waals surface area contributed by atoms with Gasteiger partial charge in [-0.3, -0.25) is 9.59 Å². The maximum atomic E-state index is 13.0. The monoisotopic (exact) mass is 272 g/mol. The van der Waals surface area contributed by atoms with E-state index in [1.165, 1.54) is 5.57 Å². The van der Waals surface area contributed by atoms with Crippen LogP contribution in [0.15, 0.2) is 22.8 Å². The summed E-state index contributed by atoms with van der Waals surface area (Å²) in [6.45, 7) is 6.26. The average Bonchev–Trinajstić information content (AvgIpc) is 2.37. The van der Waals surface area contributed by atoms with Gasteiger partial charge in [0.15, 0.2) is 11.6 Å². The lowest BCUT2D eigenvalue weighted by atomic mass is 9.58. The van der Waals surface area contributed by atoms with Crippen LogP contribution in [0.3, 0.4) is 0 Å². The third kappa shape index (κ3) is 1.92. The van der Waals surface area contributed by atoms with Crippen LogP contribution in [-0.4, -0.2) is 11.6 Å². The van der Waals surface area contributed by atoms with E-state index in [1.807, 2.05) is 0 Å². The molecule has 0 heterocycles. The Bertz CT molecular complexity index is 534. The highest BCUT2D eigenvalue weighted by Crippen LogP contribution is 2.50. The fourth-order valence-electron chi connectivity index (χ4n) is 4.61. The van der Waals surface area contributed by atoms with Crippen molar-refractivity contribution in [1.82, 2.24) is 0 Å². The molecule has 3 rings (SSSR count). The van der Waals surface area contributed by atoms with Gasteiger partial charge in [-0.15, -0.1) is 0 Å². The molecule has 2 heteroatoms. The normalized spacial score (nSPS) is 33.2. The predicted octanol–water partition coefficient (Wildman–Crippen LogP) is 4.01. The lowest BCUT2D eigenvalue weighted by Gasteiger charge is -2.44. The molecule has 0 saturated heterocycles. The third-order valence-corrected chi connectivity index (χ3v) is 5.62. The van der Waals surface area contributed by atoms with Gasteiger partial charge in [-0.2, -0.15) is 0 Å². The van der Waals surface area contributed by atoms with Gasteiger partial charge in [-0.25, -0.2) is 0 Å². The van der Waals surface area contributed by atoms with Gasteiger partial charge in [0, 0.05) is 23.3 Å². The Hall–Kier alpha value is -1.18. The molecular formula is C18H24O2. The molecule has 2 atom stereocenters. The van der Waals surface area contributed by atoms with Crippen LogP contribution in [0, 0.1) is 17.3 Å². The smallest absolute Gasteiger partial charge is 0.162 e. The first-order valence-corrected chi connectivity index (χ1v) is 7.90. The van der Waals surface area contributed by atoms with E-state index >= 15 is 0 Å². The van der Waals surface area contributed by atoms with Gasteiger partial charge in [-0.1, -0.05) is 25.5 Å². The molecule has 3 aliphatic carbocycles. The highest BCUT2D eigenvalue weighted by Gasteiger charge is 2.47. The Labute approximate surface area is 121 Å². The van der Waals surface area contributed by atoms with Crippen LogP contribution < -0.4 is 0 Å². The van der Waals surface area contributed by atoms with Crippen LogP contribution in [0.25, 0.3) is 0 Å². The molecule has 0 N–H and O–H groups in total. The maximum Gasteiger partial charge on any atom is 0.162 e. The van der Waals surface area contributed by atoms with E-state index in [9.17, 15) is 9.59 Å². The summed E-state index contributed by atoms with van der Waals surface area (Å²) < 4.78 is 0. The summed E-state index contributed by atoms with van der Waals surface area (Å²) in [4.78, 5) is 25.7.